The quantitative estimate of drug-likeness (QED) is 0.528. The number of non-ortho nitro benzene ring substituents is 1. The summed E-state index contributed by atoms with van der Waals surface area (Å²) in [5, 5.41) is 19.7. The maximum Gasteiger partial charge on any atom is 0.301 e. The van der Waals surface area contributed by atoms with Gasteiger partial charge in [-0.1, -0.05) is 30.3 Å². The van der Waals surface area contributed by atoms with E-state index in [-0.39, 0.29) is 16.8 Å². The van der Waals surface area contributed by atoms with Crippen LogP contribution < -0.4 is 5.06 Å². The third kappa shape index (κ3) is 2.47. The van der Waals surface area contributed by atoms with Gasteiger partial charge in [0.1, 0.15) is 5.69 Å². The molecular weight excluding hydrogens is 288 g/mol. The summed E-state index contributed by atoms with van der Waals surface area (Å²) < 4.78 is 5.07. The first-order valence-corrected chi connectivity index (χ1v) is 6.45. The fraction of sp³-hybridized carbons (Fsp3) is 0.143. The smallest absolute Gasteiger partial charge is 0.301 e. The Hall–Kier alpha value is -3.00. The van der Waals surface area contributed by atoms with Crippen molar-refractivity contribution >= 4 is 22.5 Å². The molecule has 3 rings (SSSR count). The van der Waals surface area contributed by atoms with Crippen molar-refractivity contribution in [2.24, 2.45) is 0 Å². The molecule has 0 saturated carbocycles. The van der Waals surface area contributed by atoms with Crippen molar-refractivity contribution < 1.29 is 14.3 Å². The highest BCUT2D eigenvalue weighted by Gasteiger charge is 2.23. The summed E-state index contributed by atoms with van der Waals surface area (Å²) in [4.78, 5) is 15.8. The number of hydrogen-bond acceptors (Lipinski definition) is 7. The molecule has 0 atom stereocenters. The van der Waals surface area contributed by atoms with Crippen molar-refractivity contribution in [2.45, 2.75) is 6.54 Å². The standard InChI is InChI=1S/C14H12N4O4/c1-21-17(9-10-5-3-2-4-6-10)12-8-7-11(18(19)20)13-14(12)22-16-15-13/h2-8H,9H2,1H3. The van der Waals surface area contributed by atoms with Gasteiger partial charge in [-0.3, -0.25) is 15.0 Å². The van der Waals surface area contributed by atoms with Crippen molar-refractivity contribution in [3.8, 4) is 0 Å². The Morgan fingerprint density at radius 3 is 2.73 bits per heavy atom. The first kappa shape index (κ1) is 14.0. The molecule has 0 aliphatic heterocycles. The van der Waals surface area contributed by atoms with Crippen molar-refractivity contribution in [2.75, 3.05) is 12.2 Å². The number of anilines is 1. The number of hydroxylamine groups is 1. The second kappa shape index (κ2) is 5.78. The second-order valence-electron chi connectivity index (χ2n) is 4.52. The van der Waals surface area contributed by atoms with Gasteiger partial charge in [-0.05, 0) is 11.6 Å². The van der Waals surface area contributed by atoms with E-state index in [0.717, 1.165) is 5.56 Å². The van der Waals surface area contributed by atoms with Gasteiger partial charge in [0, 0.05) is 11.3 Å². The van der Waals surface area contributed by atoms with Crippen LogP contribution >= 0.6 is 0 Å². The van der Waals surface area contributed by atoms with Gasteiger partial charge in [-0.15, -0.1) is 5.10 Å². The largest absolute Gasteiger partial charge is 0.334 e. The number of nitrogens with zero attached hydrogens (tertiary/aromatic N) is 4. The monoisotopic (exact) mass is 300 g/mol. The molecule has 0 fully saturated rings. The summed E-state index contributed by atoms with van der Waals surface area (Å²) in [5.74, 6) is 0. The van der Waals surface area contributed by atoms with Crippen LogP contribution in [0.1, 0.15) is 5.56 Å². The SMILES string of the molecule is CON(Cc1ccccc1)c1ccc([N+](=O)[O-])c2nnoc12. The first-order chi connectivity index (χ1) is 10.7. The maximum absolute atomic E-state index is 11.0. The van der Waals surface area contributed by atoms with Gasteiger partial charge in [0.2, 0.25) is 11.1 Å². The van der Waals surface area contributed by atoms with Gasteiger partial charge in [-0.2, -0.15) is 0 Å². The number of rotatable bonds is 5. The lowest BCUT2D eigenvalue weighted by molar-refractivity contribution is -0.383. The topological polar surface area (TPSA) is 94.5 Å². The molecule has 0 N–H and O–H groups in total. The van der Waals surface area contributed by atoms with Crippen LogP contribution in [0.25, 0.3) is 11.1 Å². The van der Waals surface area contributed by atoms with Gasteiger partial charge in [0.05, 0.1) is 18.6 Å². The summed E-state index contributed by atoms with van der Waals surface area (Å²) in [7, 11) is 1.51. The van der Waals surface area contributed by atoms with E-state index in [1.165, 1.54) is 13.2 Å². The number of aromatic nitrogens is 2. The molecule has 1 heterocycles. The summed E-state index contributed by atoms with van der Waals surface area (Å²) in [6.45, 7) is 0.449. The van der Waals surface area contributed by atoms with Crippen LogP contribution in [0.3, 0.4) is 0 Å². The zero-order chi connectivity index (χ0) is 15.5. The maximum atomic E-state index is 11.0. The fourth-order valence-corrected chi connectivity index (χ4v) is 2.18. The predicted molar refractivity (Wildman–Crippen MR) is 78.1 cm³/mol. The van der Waals surface area contributed by atoms with E-state index in [1.807, 2.05) is 30.3 Å². The van der Waals surface area contributed by atoms with E-state index in [2.05, 4.69) is 10.4 Å². The van der Waals surface area contributed by atoms with Crippen LogP contribution in [0.5, 0.6) is 0 Å². The highest BCUT2D eigenvalue weighted by molar-refractivity contribution is 5.92. The number of nitro benzene ring substituents is 1. The molecule has 0 aliphatic carbocycles. The Balaban J connectivity index is 2.03. The average Bonchev–Trinajstić information content (AvgIpc) is 3.02. The second-order valence-corrected chi connectivity index (χ2v) is 4.52. The van der Waals surface area contributed by atoms with Crippen molar-refractivity contribution in [3.63, 3.8) is 0 Å². The molecule has 8 nitrogen and oxygen atoms in total. The summed E-state index contributed by atoms with van der Waals surface area (Å²) in [6.07, 6.45) is 0. The first-order valence-electron chi connectivity index (χ1n) is 6.45. The Morgan fingerprint density at radius 2 is 2.05 bits per heavy atom. The minimum absolute atomic E-state index is 0.0950. The zero-order valence-electron chi connectivity index (χ0n) is 11.7. The van der Waals surface area contributed by atoms with Crippen LogP contribution in [0.4, 0.5) is 11.4 Å². The minimum atomic E-state index is -0.523. The number of nitro groups is 1. The van der Waals surface area contributed by atoms with Crippen molar-refractivity contribution in [1.82, 2.24) is 10.4 Å². The number of hydrogen-bond donors (Lipinski definition) is 0. The van der Waals surface area contributed by atoms with Gasteiger partial charge in [-0.25, -0.2) is 5.06 Å². The van der Waals surface area contributed by atoms with Gasteiger partial charge in [0.15, 0.2) is 0 Å². The lowest BCUT2D eigenvalue weighted by Crippen LogP contribution is -2.21. The van der Waals surface area contributed by atoms with E-state index in [0.29, 0.717) is 12.2 Å². The van der Waals surface area contributed by atoms with E-state index in [9.17, 15) is 10.1 Å². The average molecular weight is 300 g/mol. The van der Waals surface area contributed by atoms with Crippen LogP contribution in [0, 0.1) is 10.1 Å². The van der Waals surface area contributed by atoms with E-state index in [4.69, 9.17) is 9.36 Å². The summed E-state index contributed by atoms with van der Waals surface area (Å²) in [6, 6.07) is 12.6. The third-order valence-electron chi connectivity index (χ3n) is 3.22. The predicted octanol–water partition coefficient (Wildman–Crippen LogP) is 2.70. The van der Waals surface area contributed by atoms with E-state index >= 15 is 0 Å². The van der Waals surface area contributed by atoms with Crippen LogP contribution in [0.15, 0.2) is 47.0 Å². The van der Waals surface area contributed by atoms with Crippen molar-refractivity contribution in [3.05, 3.63) is 58.1 Å². The summed E-state index contributed by atoms with van der Waals surface area (Å²) in [5.41, 5.74) is 1.70. The minimum Gasteiger partial charge on any atom is -0.334 e. The molecule has 0 bridgehead atoms. The molecule has 0 saturated heterocycles. The molecule has 3 aromatic rings. The van der Waals surface area contributed by atoms with E-state index < -0.39 is 4.92 Å². The molecule has 8 heteroatoms. The zero-order valence-corrected chi connectivity index (χ0v) is 11.7. The Morgan fingerprint density at radius 1 is 1.27 bits per heavy atom. The molecule has 112 valence electrons. The van der Waals surface area contributed by atoms with E-state index in [1.54, 1.807) is 11.1 Å². The molecule has 0 spiro atoms. The molecular formula is C14H12N4O4. The molecule has 0 radical (unpaired) electrons. The molecule has 2 aromatic carbocycles. The van der Waals surface area contributed by atoms with Gasteiger partial charge < -0.3 is 4.52 Å². The Labute approximate surface area is 125 Å². The van der Waals surface area contributed by atoms with Crippen LogP contribution in [0.2, 0.25) is 0 Å². The Bertz CT molecular complexity index is 803. The molecule has 1 aromatic heterocycles. The van der Waals surface area contributed by atoms with Crippen LogP contribution in [-0.4, -0.2) is 22.4 Å². The summed E-state index contributed by atoms with van der Waals surface area (Å²) >= 11 is 0. The van der Waals surface area contributed by atoms with Gasteiger partial charge >= 0.3 is 5.69 Å². The highest BCUT2D eigenvalue weighted by atomic mass is 16.7. The Kier molecular flexibility index (Phi) is 3.67. The van der Waals surface area contributed by atoms with Crippen LogP contribution in [-0.2, 0) is 11.4 Å². The molecule has 22 heavy (non-hydrogen) atoms. The molecule has 0 amide bonds. The third-order valence-corrected chi connectivity index (χ3v) is 3.22. The number of benzene rings is 2. The molecule has 0 aliphatic rings. The lowest BCUT2D eigenvalue weighted by Gasteiger charge is -2.21. The lowest BCUT2D eigenvalue weighted by atomic mass is 10.2. The highest BCUT2D eigenvalue weighted by Crippen LogP contribution is 2.32. The normalized spacial score (nSPS) is 10.8. The number of fused-ring (bicyclic) bond motifs is 1. The van der Waals surface area contributed by atoms with Crippen molar-refractivity contribution in [1.29, 1.82) is 0 Å². The fourth-order valence-electron chi connectivity index (χ4n) is 2.18. The molecule has 0 unspecified atom stereocenters. The van der Waals surface area contributed by atoms with Gasteiger partial charge in [0.25, 0.3) is 0 Å².